The Bertz CT molecular complexity index is 678. The Kier molecular flexibility index (Phi) is 4.08. The number of nitrogens with zero attached hydrogens (tertiary/aromatic N) is 1. The molecule has 0 atom stereocenters. The number of halogens is 1. The molecule has 0 saturated heterocycles. The van der Waals surface area contributed by atoms with E-state index in [1.54, 1.807) is 6.07 Å². The van der Waals surface area contributed by atoms with Gasteiger partial charge in [-0.05, 0) is 23.6 Å². The molecule has 7 heteroatoms. The lowest BCUT2D eigenvalue weighted by Crippen LogP contribution is -2.15. The lowest BCUT2D eigenvalue weighted by atomic mass is 10.1. The first-order chi connectivity index (χ1) is 9.35. The topological polar surface area (TPSA) is 74.8 Å². The smallest absolute Gasteiger partial charge is 0.238 e. The highest BCUT2D eigenvalue weighted by Crippen LogP contribution is 2.17. The van der Waals surface area contributed by atoms with Crippen molar-refractivity contribution >= 4 is 15.8 Å². The van der Waals surface area contributed by atoms with Crippen LogP contribution in [-0.4, -0.2) is 18.6 Å². The van der Waals surface area contributed by atoms with Crippen molar-refractivity contribution in [3.63, 3.8) is 0 Å². The van der Waals surface area contributed by atoms with Crippen molar-refractivity contribution in [2.24, 2.45) is 0 Å². The zero-order valence-electron chi connectivity index (χ0n) is 11.2. The molecule has 0 unspecified atom stereocenters. The molecule has 0 aliphatic heterocycles. The molecule has 2 aromatic rings. The highest BCUT2D eigenvalue weighted by molar-refractivity contribution is 7.91. The van der Waals surface area contributed by atoms with Gasteiger partial charge in [-0.2, -0.15) is 5.10 Å². The third-order valence-corrected chi connectivity index (χ3v) is 3.98. The number of hydrogen-bond donors (Lipinski definition) is 2. The fourth-order valence-electron chi connectivity index (χ4n) is 1.68. The Hall–Kier alpha value is -1.89. The first kappa shape index (κ1) is 14.5. The van der Waals surface area contributed by atoms with Crippen LogP contribution in [0, 0.1) is 5.82 Å². The van der Waals surface area contributed by atoms with E-state index in [0.717, 1.165) is 5.69 Å². The molecule has 2 rings (SSSR count). The van der Waals surface area contributed by atoms with Crippen LogP contribution in [0.4, 0.5) is 10.2 Å². The van der Waals surface area contributed by atoms with E-state index in [1.165, 1.54) is 24.3 Å². The van der Waals surface area contributed by atoms with Gasteiger partial charge in [-0.25, -0.2) is 12.8 Å². The third kappa shape index (κ3) is 3.80. The van der Waals surface area contributed by atoms with Gasteiger partial charge >= 0.3 is 0 Å². The van der Waals surface area contributed by atoms with Crippen LogP contribution in [0.1, 0.15) is 31.0 Å². The Morgan fingerprint density at radius 1 is 1.30 bits per heavy atom. The summed E-state index contributed by atoms with van der Waals surface area (Å²) in [6, 6.07) is 7.01. The van der Waals surface area contributed by atoms with Crippen LogP contribution in [-0.2, 0) is 15.8 Å². The van der Waals surface area contributed by atoms with Crippen LogP contribution in [0.25, 0.3) is 0 Å². The number of hydrogen-bond acceptors (Lipinski definition) is 3. The molecule has 0 radical (unpaired) electrons. The second-order valence-electron chi connectivity index (χ2n) is 4.85. The summed E-state index contributed by atoms with van der Waals surface area (Å²) in [5.41, 5.74) is 1.36. The van der Waals surface area contributed by atoms with Crippen molar-refractivity contribution in [2.45, 2.75) is 25.5 Å². The fourth-order valence-corrected chi connectivity index (χ4v) is 2.81. The average Bonchev–Trinajstić information content (AvgIpc) is 2.79. The van der Waals surface area contributed by atoms with Gasteiger partial charge in [0.05, 0.1) is 5.75 Å². The minimum absolute atomic E-state index is 0.225. The molecule has 108 valence electrons. The lowest BCUT2D eigenvalue weighted by molar-refractivity contribution is 0.599. The van der Waals surface area contributed by atoms with Gasteiger partial charge in [0.1, 0.15) is 5.82 Å². The molecule has 1 aromatic carbocycles. The predicted octanol–water partition coefficient (Wildman–Crippen LogP) is 2.61. The normalized spacial score (nSPS) is 11.8. The minimum Gasteiger partial charge on any atom is -0.280 e. The van der Waals surface area contributed by atoms with E-state index >= 15 is 0 Å². The van der Waals surface area contributed by atoms with Gasteiger partial charge in [-0.3, -0.25) is 9.82 Å². The monoisotopic (exact) mass is 297 g/mol. The molecule has 0 aliphatic rings. The largest absolute Gasteiger partial charge is 0.280 e. The second-order valence-corrected chi connectivity index (χ2v) is 6.57. The molecule has 0 aliphatic carbocycles. The van der Waals surface area contributed by atoms with E-state index in [-0.39, 0.29) is 17.5 Å². The van der Waals surface area contributed by atoms with Gasteiger partial charge < -0.3 is 0 Å². The molecule has 1 aromatic heterocycles. The van der Waals surface area contributed by atoms with Crippen molar-refractivity contribution in [2.75, 3.05) is 4.72 Å². The highest BCUT2D eigenvalue weighted by atomic mass is 32.2. The van der Waals surface area contributed by atoms with Gasteiger partial charge in [-0.15, -0.1) is 0 Å². The fraction of sp³-hybridized carbons (Fsp3) is 0.308. The summed E-state index contributed by atoms with van der Waals surface area (Å²) in [6.45, 7) is 3.95. The molecule has 0 saturated carbocycles. The summed E-state index contributed by atoms with van der Waals surface area (Å²) in [5, 5.41) is 6.68. The summed E-state index contributed by atoms with van der Waals surface area (Å²) < 4.78 is 39.1. The Morgan fingerprint density at radius 3 is 2.50 bits per heavy atom. The van der Waals surface area contributed by atoms with Crippen LogP contribution in [0.3, 0.4) is 0 Å². The Balaban J connectivity index is 2.08. The number of nitrogens with one attached hydrogen (secondary N) is 2. The van der Waals surface area contributed by atoms with Crippen molar-refractivity contribution in [1.29, 1.82) is 0 Å². The number of aromatic amines is 1. The van der Waals surface area contributed by atoms with E-state index in [2.05, 4.69) is 14.9 Å². The number of aromatic nitrogens is 2. The van der Waals surface area contributed by atoms with E-state index in [9.17, 15) is 12.8 Å². The number of anilines is 1. The number of sulfonamides is 1. The summed E-state index contributed by atoms with van der Waals surface area (Å²) in [7, 11) is -3.57. The van der Waals surface area contributed by atoms with Gasteiger partial charge in [-0.1, -0.05) is 26.0 Å². The number of benzene rings is 1. The molecule has 0 fully saturated rings. The average molecular weight is 297 g/mol. The van der Waals surface area contributed by atoms with Crippen LogP contribution >= 0.6 is 0 Å². The summed E-state index contributed by atoms with van der Waals surface area (Å²) >= 11 is 0. The molecule has 0 amide bonds. The quantitative estimate of drug-likeness (QED) is 0.890. The SMILES string of the molecule is CC(C)c1cc(NS(=O)(=O)Cc2ccc(F)cc2)n[nH]1. The summed E-state index contributed by atoms with van der Waals surface area (Å²) in [6.07, 6.45) is 0. The van der Waals surface area contributed by atoms with Gasteiger partial charge in [0.15, 0.2) is 5.82 Å². The van der Waals surface area contributed by atoms with Crippen molar-refractivity contribution < 1.29 is 12.8 Å². The number of rotatable bonds is 5. The Morgan fingerprint density at radius 2 is 1.95 bits per heavy atom. The molecule has 5 nitrogen and oxygen atoms in total. The van der Waals surface area contributed by atoms with Crippen LogP contribution in [0.2, 0.25) is 0 Å². The molecular formula is C13H16FN3O2S. The molecule has 2 N–H and O–H groups in total. The molecule has 20 heavy (non-hydrogen) atoms. The lowest BCUT2D eigenvalue weighted by Gasteiger charge is -2.05. The maximum absolute atomic E-state index is 12.8. The first-order valence-electron chi connectivity index (χ1n) is 6.16. The third-order valence-electron chi connectivity index (χ3n) is 2.75. The second kappa shape index (κ2) is 5.62. The highest BCUT2D eigenvalue weighted by Gasteiger charge is 2.14. The standard InChI is InChI=1S/C13H16FN3O2S/c1-9(2)12-7-13(16-15-12)17-20(18,19)8-10-3-5-11(14)6-4-10/h3-7,9H,8H2,1-2H3,(H2,15,16,17). The summed E-state index contributed by atoms with van der Waals surface area (Å²) in [5.74, 6) is -0.126. The molecule has 0 spiro atoms. The van der Waals surface area contributed by atoms with E-state index < -0.39 is 15.8 Å². The number of H-pyrrole nitrogens is 1. The molecule has 0 bridgehead atoms. The summed E-state index contributed by atoms with van der Waals surface area (Å²) in [4.78, 5) is 0. The minimum atomic E-state index is -3.57. The van der Waals surface area contributed by atoms with Crippen LogP contribution in [0.5, 0.6) is 0 Å². The van der Waals surface area contributed by atoms with Crippen LogP contribution in [0.15, 0.2) is 30.3 Å². The molecular weight excluding hydrogens is 281 g/mol. The first-order valence-corrected chi connectivity index (χ1v) is 7.81. The van der Waals surface area contributed by atoms with Gasteiger partial charge in [0.2, 0.25) is 10.0 Å². The maximum atomic E-state index is 12.8. The van der Waals surface area contributed by atoms with Crippen molar-refractivity contribution in [3.05, 3.63) is 47.4 Å². The zero-order chi connectivity index (χ0) is 14.8. The zero-order valence-corrected chi connectivity index (χ0v) is 12.0. The van der Waals surface area contributed by atoms with E-state index in [1.807, 2.05) is 13.8 Å². The van der Waals surface area contributed by atoms with Crippen LogP contribution < -0.4 is 4.72 Å². The van der Waals surface area contributed by atoms with Gasteiger partial charge in [0, 0.05) is 11.8 Å². The molecule has 1 heterocycles. The van der Waals surface area contributed by atoms with E-state index in [4.69, 9.17) is 0 Å². The van der Waals surface area contributed by atoms with E-state index in [0.29, 0.717) is 5.56 Å². The van der Waals surface area contributed by atoms with Gasteiger partial charge in [0.25, 0.3) is 0 Å². The Labute approximate surface area is 117 Å². The van der Waals surface area contributed by atoms with Crippen molar-refractivity contribution in [1.82, 2.24) is 10.2 Å². The van der Waals surface area contributed by atoms with Crippen molar-refractivity contribution in [3.8, 4) is 0 Å². The maximum Gasteiger partial charge on any atom is 0.238 e. The predicted molar refractivity (Wildman–Crippen MR) is 75.3 cm³/mol.